The Morgan fingerprint density at radius 3 is 2.50 bits per heavy atom. The molecule has 0 aliphatic heterocycles. The summed E-state index contributed by atoms with van der Waals surface area (Å²) in [5, 5.41) is 9.03. The average Bonchev–Trinajstić information content (AvgIpc) is 2.05. The maximum Gasteiger partial charge on any atom is 0.0512 e. The summed E-state index contributed by atoms with van der Waals surface area (Å²) in [5.74, 6) is 0. The van der Waals surface area contributed by atoms with E-state index in [-0.39, 0.29) is 6.10 Å². The molecule has 0 saturated heterocycles. The van der Waals surface area contributed by atoms with Crippen molar-refractivity contribution in [2.45, 2.75) is 32.3 Å². The molecule has 1 unspecified atom stereocenters. The third-order valence-corrected chi connectivity index (χ3v) is 1.93. The summed E-state index contributed by atoms with van der Waals surface area (Å²) >= 11 is 0. The molecule has 0 heterocycles. The third kappa shape index (κ3) is 3.54. The molecule has 0 radical (unpaired) electrons. The van der Waals surface area contributed by atoms with Gasteiger partial charge in [0.2, 0.25) is 0 Å². The molecule has 1 nitrogen and oxygen atoms in total. The van der Waals surface area contributed by atoms with Crippen LogP contribution in [0.25, 0.3) is 0 Å². The molecule has 0 bridgehead atoms. The molecule has 0 aromatic heterocycles. The van der Waals surface area contributed by atoms with Crippen LogP contribution in [0.15, 0.2) is 30.3 Å². The van der Waals surface area contributed by atoms with E-state index in [9.17, 15) is 0 Å². The molecular formula is C11H16O. The molecule has 1 N–H and O–H groups in total. The Hall–Kier alpha value is -0.820. The largest absolute Gasteiger partial charge is 0.393 e. The number of aliphatic hydroxyl groups excluding tert-OH is 1. The molecule has 1 rings (SSSR count). The molecule has 66 valence electrons. The minimum Gasteiger partial charge on any atom is -0.393 e. The highest BCUT2D eigenvalue weighted by atomic mass is 16.3. The number of aliphatic hydroxyl groups is 1. The van der Waals surface area contributed by atoms with E-state index in [2.05, 4.69) is 24.3 Å². The predicted octanol–water partition coefficient (Wildman–Crippen LogP) is 2.39. The number of hydrogen-bond donors (Lipinski definition) is 1. The monoisotopic (exact) mass is 164 g/mol. The standard InChI is InChI=1S/C11H16O/c1-10(12)6-5-9-11-7-3-2-4-8-11/h2-4,7-8,10,12H,5-6,9H2,1H3. The zero-order chi connectivity index (χ0) is 8.81. The van der Waals surface area contributed by atoms with Gasteiger partial charge in [0.1, 0.15) is 0 Å². The highest BCUT2D eigenvalue weighted by Crippen LogP contribution is 2.05. The lowest BCUT2D eigenvalue weighted by atomic mass is 10.1. The molecule has 1 heteroatoms. The van der Waals surface area contributed by atoms with Crippen LogP contribution >= 0.6 is 0 Å². The topological polar surface area (TPSA) is 20.2 Å². The first-order valence-corrected chi connectivity index (χ1v) is 4.51. The van der Waals surface area contributed by atoms with Gasteiger partial charge in [0, 0.05) is 0 Å². The Balaban J connectivity index is 2.25. The SMILES string of the molecule is CC(O)CCCc1ccccc1. The van der Waals surface area contributed by atoms with Gasteiger partial charge in [-0.3, -0.25) is 0 Å². The van der Waals surface area contributed by atoms with E-state index in [1.165, 1.54) is 5.56 Å². The van der Waals surface area contributed by atoms with Gasteiger partial charge in [-0.25, -0.2) is 0 Å². The van der Waals surface area contributed by atoms with Crippen molar-refractivity contribution < 1.29 is 5.11 Å². The number of rotatable bonds is 4. The summed E-state index contributed by atoms with van der Waals surface area (Å²) in [7, 11) is 0. The molecule has 0 amide bonds. The lowest BCUT2D eigenvalue weighted by molar-refractivity contribution is 0.182. The third-order valence-electron chi connectivity index (χ3n) is 1.93. The number of benzene rings is 1. The van der Waals surface area contributed by atoms with E-state index >= 15 is 0 Å². The zero-order valence-corrected chi connectivity index (χ0v) is 7.53. The van der Waals surface area contributed by atoms with Crippen molar-refractivity contribution in [1.29, 1.82) is 0 Å². The molecule has 0 spiro atoms. The second kappa shape index (κ2) is 4.94. The smallest absolute Gasteiger partial charge is 0.0512 e. The van der Waals surface area contributed by atoms with Crippen molar-refractivity contribution in [2.24, 2.45) is 0 Å². The van der Waals surface area contributed by atoms with Crippen molar-refractivity contribution in [2.75, 3.05) is 0 Å². The average molecular weight is 164 g/mol. The van der Waals surface area contributed by atoms with Gasteiger partial charge in [0.05, 0.1) is 6.10 Å². The second-order valence-electron chi connectivity index (χ2n) is 3.23. The van der Waals surface area contributed by atoms with Gasteiger partial charge < -0.3 is 5.11 Å². The molecule has 0 saturated carbocycles. The number of hydrogen-bond acceptors (Lipinski definition) is 1. The molecule has 1 aromatic rings. The summed E-state index contributed by atoms with van der Waals surface area (Å²) in [6, 6.07) is 10.4. The lowest BCUT2D eigenvalue weighted by Gasteiger charge is -2.03. The van der Waals surface area contributed by atoms with Crippen molar-refractivity contribution in [3.63, 3.8) is 0 Å². The number of aryl methyl sites for hydroxylation is 1. The molecule has 1 aromatic carbocycles. The summed E-state index contributed by atoms with van der Waals surface area (Å²) in [5.41, 5.74) is 1.36. The highest BCUT2D eigenvalue weighted by Gasteiger charge is 1.95. The van der Waals surface area contributed by atoms with Crippen LogP contribution in [0, 0.1) is 0 Å². The molecule has 0 fully saturated rings. The fourth-order valence-electron chi connectivity index (χ4n) is 1.25. The van der Waals surface area contributed by atoms with Crippen LogP contribution in [0.2, 0.25) is 0 Å². The summed E-state index contributed by atoms with van der Waals surface area (Å²) < 4.78 is 0. The fraction of sp³-hybridized carbons (Fsp3) is 0.455. The summed E-state index contributed by atoms with van der Waals surface area (Å²) in [6.45, 7) is 1.84. The van der Waals surface area contributed by atoms with E-state index < -0.39 is 0 Å². The van der Waals surface area contributed by atoms with Gasteiger partial charge in [-0.15, -0.1) is 0 Å². The van der Waals surface area contributed by atoms with Crippen LogP contribution < -0.4 is 0 Å². The van der Waals surface area contributed by atoms with Crippen molar-refractivity contribution >= 4 is 0 Å². The minimum absolute atomic E-state index is 0.159. The van der Waals surface area contributed by atoms with Crippen molar-refractivity contribution in [3.05, 3.63) is 35.9 Å². The van der Waals surface area contributed by atoms with Crippen LogP contribution in [-0.2, 0) is 6.42 Å². The Morgan fingerprint density at radius 1 is 1.25 bits per heavy atom. The van der Waals surface area contributed by atoms with Crippen LogP contribution in [0.4, 0.5) is 0 Å². The first kappa shape index (κ1) is 9.27. The molecular weight excluding hydrogens is 148 g/mol. The van der Waals surface area contributed by atoms with Gasteiger partial charge in [-0.1, -0.05) is 30.3 Å². The molecule has 0 aliphatic carbocycles. The minimum atomic E-state index is -0.159. The van der Waals surface area contributed by atoms with E-state index in [0.29, 0.717) is 0 Å². The van der Waals surface area contributed by atoms with Crippen LogP contribution in [-0.4, -0.2) is 11.2 Å². The Labute approximate surface area is 74.1 Å². The van der Waals surface area contributed by atoms with Gasteiger partial charge in [0.25, 0.3) is 0 Å². The Bertz CT molecular complexity index is 204. The van der Waals surface area contributed by atoms with Crippen LogP contribution in [0.5, 0.6) is 0 Å². The normalized spacial score (nSPS) is 12.8. The Kier molecular flexibility index (Phi) is 3.81. The Morgan fingerprint density at radius 2 is 1.92 bits per heavy atom. The molecule has 0 aliphatic rings. The van der Waals surface area contributed by atoms with Gasteiger partial charge >= 0.3 is 0 Å². The molecule has 12 heavy (non-hydrogen) atoms. The second-order valence-corrected chi connectivity index (χ2v) is 3.23. The van der Waals surface area contributed by atoms with Gasteiger partial charge in [-0.05, 0) is 31.7 Å². The summed E-state index contributed by atoms with van der Waals surface area (Å²) in [4.78, 5) is 0. The predicted molar refractivity (Wildman–Crippen MR) is 51.1 cm³/mol. The lowest BCUT2D eigenvalue weighted by Crippen LogP contribution is -1.99. The van der Waals surface area contributed by atoms with Crippen LogP contribution in [0.3, 0.4) is 0 Å². The van der Waals surface area contributed by atoms with E-state index in [1.54, 1.807) is 0 Å². The highest BCUT2D eigenvalue weighted by molar-refractivity contribution is 5.14. The van der Waals surface area contributed by atoms with Crippen molar-refractivity contribution in [3.8, 4) is 0 Å². The summed E-state index contributed by atoms with van der Waals surface area (Å²) in [6.07, 6.45) is 2.89. The first-order valence-electron chi connectivity index (χ1n) is 4.51. The van der Waals surface area contributed by atoms with E-state index in [4.69, 9.17) is 5.11 Å². The van der Waals surface area contributed by atoms with Crippen LogP contribution in [0.1, 0.15) is 25.3 Å². The fourth-order valence-corrected chi connectivity index (χ4v) is 1.25. The maximum absolute atomic E-state index is 9.03. The van der Waals surface area contributed by atoms with E-state index in [1.807, 2.05) is 13.0 Å². The van der Waals surface area contributed by atoms with E-state index in [0.717, 1.165) is 19.3 Å². The quantitative estimate of drug-likeness (QED) is 0.724. The first-order chi connectivity index (χ1) is 5.79. The van der Waals surface area contributed by atoms with Crippen molar-refractivity contribution in [1.82, 2.24) is 0 Å². The zero-order valence-electron chi connectivity index (χ0n) is 7.53. The van der Waals surface area contributed by atoms with Gasteiger partial charge in [0.15, 0.2) is 0 Å². The van der Waals surface area contributed by atoms with Gasteiger partial charge in [-0.2, -0.15) is 0 Å². The molecule has 1 atom stereocenters. The maximum atomic E-state index is 9.03.